The average Bonchev–Trinajstić information content (AvgIpc) is 2.78. The quantitative estimate of drug-likeness (QED) is 0.735. The molecule has 0 unspecified atom stereocenters. The van der Waals surface area contributed by atoms with Crippen molar-refractivity contribution < 1.29 is 14.3 Å². The van der Waals surface area contributed by atoms with Crippen LogP contribution >= 0.6 is 0 Å². The molecule has 1 aromatic rings. The summed E-state index contributed by atoms with van der Waals surface area (Å²) in [6.45, 7) is 2.64. The number of nitrogen functional groups attached to an aromatic ring is 1. The van der Waals surface area contributed by atoms with E-state index in [0.29, 0.717) is 32.0 Å². The van der Waals surface area contributed by atoms with Crippen molar-refractivity contribution in [3.05, 3.63) is 11.9 Å². The van der Waals surface area contributed by atoms with Crippen molar-refractivity contribution in [1.29, 1.82) is 0 Å². The number of carbonyl (C=O) groups excluding carboxylic acids is 2. The molecule has 8 heteroatoms. The van der Waals surface area contributed by atoms with Gasteiger partial charge in [0.2, 0.25) is 5.91 Å². The summed E-state index contributed by atoms with van der Waals surface area (Å²) in [6.07, 6.45) is 1.83. The summed E-state index contributed by atoms with van der Waals surface area (Å²) in [5.74, 6) is -0.347. The van der Waals surface area contributed by atoms with E-state index in [2.05, 4.69) is 10.4 Å². The van der Waals surface area contributed by atoms with Gasteiger partial charge in [0.25, 0.3) is 5.91 Å². The van der Waals surface area contributed by atoms with E-state index in [0.717, 1.165) is 0 Å². The monoisotopic (exact) mass is 281 g/mol. The van der Waals surface area contributed by atoms with Gasteiger partial charge in [0, 0.05) is 39.3 Å². The number of nitrogens with one attached hydrogen (secondary N) is 1. The number of nitrogens with two attached hydrogens (primary N) is 1. The van der Waals surface area contributed by atoms with Crippen LogP contribution in [0.4, 0.5) is 5.69 Å². The largest absolute Gasteiger partial charge is 0.396 e. The third-order valence-corrected chi connectivity index (χ3v) is 3.06. The van der Waals surface area contributed by atoms with E-state index in [9.17, 15) is 9.59 Å². The molecule has 110 valence electrons. The molecule has 8 nitrogen and oxygen atoms in total. The second-order valence-corrected chi connectivity index (χ2v) is 4.61. The Bertz CT molecular complexity index is 493. The number of rotatable bonds is 4. The van der Waals surface area contributed by atoms with Gasteiger partial charge in [0.05, 0.1) is 18.9 Å². The molecule has 0 aromatic carbocycles. The van der Waals surface area contributed by atoms with Crippen molar-refractivity contribution in [2.24, 2.45) is 7.05 Å². The number of ether oxygens (including phenoxy) is 1. The van der Waals surface area contributed by atoms with Crippen LogP contribution in [0.15, 0.2) is 6.20 Å². The summed E-state index contributed by atoms with van der Waals surface area (Å²) in [7, 11) is 1.69. The SMILES string of the molecule is Cn1cc(N)c(C(=O)NCCC(=O)N2CCOCC2)n1. The highest BCUT2D eigenvalue weighted by Gasteiger charge is 2.18. The molecule has 1 aliphatic heterocycles. The Hall–Kier alpha value is -2.09. The number of amides is 2. The lowest BCUT2D eigenvalue weighted by Gasteiger charge is -2.26. The topological polar surface area (TPSA) is 102 Å². The van der Waals surface area contributed by atoms with Gasteiger partial charge in [-0.05, 0) is 0 Å². The summed E-state index contributed by atoms with van der Waals surface area (Å²) in [4.78, 5) is 25.4. The Kier molecular flexibility index (Phi) is 4.57. The highest BCUT2D eigenvalue weighted by Crippen LogP contribution is 2.07. The number of carbonyl (C=O) groups is 2. The number of aromatic nitrogens is 2. The molecule has 1 fully saturated rings. The predicted molar refractivity (Wildman–Crippen MR) is 72.0 cm³/mol. The minimum absolute atomic E-state index is 0.0163. The van der Waals surface area contributed by atoms with Gasteiger partial charge in [0.15, 0.2) is 5.69 Å². The van der Waals surface area contributed by atoms with E-state index in [4.69, 9.17) is 10.5 Å². The summed E-state index contributed by atoms with van der Waals surface area (Å²) < 4.78 is 6.65. The molecule has 0 bridgehead atoms. The Morgan fingerprint density at radius 1 is 1.45 bits per heavy atom. The van der Waals surface area contributed by atoms with Crippen LogP contribution < -0.4 is 11.1 Å². The molecule has 0 atom stereocenters. The van der Waals surface area contributed by atoms with Crippen LogP contribution in [0.3, 0.4) is 0 Å². The van der Waals surface area contributed by atoms with Gasteiger partial charge < -0.3 is 20.7 Å². The molecule has 0 spiro atoms. The Labute approximate surface area is 116 Å². The van der Waals surface area contributed by atoms with Gasteiger partial charge >= 0.3 is 0 Å². The van der Waals surface area contributed by atoms with E-state index in [1.54, 1.807) is 18.1 Å². The number of aryl methyl sites for hydroxylation is 1. The zero-order chi connectivity index (χ0) is 14.5. The van der Waals surface area contributed by atoms with Gasteiger partial charge in [-0.3, -0.25) is 14.3 Å². The zero-order valence-electron chi connectivity index (χ0n) is 11.5. The van der Waals surface area contributed by atoms with Gasteiger partial charge in [0.1, 0.15) is 0 Å². The standard InChI is InChI=1S/C12H19N5O3/c1-16-8-9(13)11(15-16)12(19)14-3-2-10(18)17-4-6-20-7-5-17/h8H,2-7,13H2,1H3,(H,14,19). The number of hydrogen-bond acceptors (Lipinski definition) is 5. The molecule has 1 aliphatic rings. The van der Waals surface area contributed by atoms with Crippen LogP contribution in [0.1, 0.15) is 16.9 Å². The van der Waals surface area contributed by atoms with Crippen molar-refractivity contribution >= 4 is 17.5 Å². The highest BCUT2D eigenvalue weighted by atomic mass is 16.5. The maximum absolute atomic E-state index is 11.9. The molecule has 1 aromatic heterocycles. The molecular weight excluding hydrogens is 262 g/mol. The van der Waals surface area contributed by atoms with Crippen LogP contribution in [0.2, 0.25) is 0 Å². The molecular formula is C12H19N5O3. The predicted octanol–water partition coefficient (Wildman–Crippen LogP) is -1.02. The number of morpholine rings is 1. The Morgan fingerprint density at radius 3 is 2.75 bits per heavy atom. The molecule has 0 aliphatic carbocycles. The second kappa shape index (κ2) is 6.38. The number of nitrogens with zero attached hydrogens (tertiary/aromatic N) is 3. The average molecular weight is 281 g/mol. The van der Waals surface area contributed by atoms with Gasteiger partial charge in [-0.1, -0.05) is 0 Å². The molecule has 0 radical (unpaired) electrons. The van der Waals surface area contributed by atoms with Crippen LogP contribution in [0.25, 0.3) is 0 Å². The molecule has 1 saturated heterocycles. The first-order valence-corrected chi connectivity index (χ1v) is 6.51. The van der Waals surface area contributed by atoms with Gasteiger partial charge in [-0.25, -0.2) is 0 Å². The van der Waals surface area contributed by atoms with Gasteiger partial charge in [-0.2, -0.15) is 5.10 Å². The van der Waals surface area contributed by atoms with Crippen LogP contribution in [0.5, 0.6) is 0 Å². The first-order valence-electron chi connectivity index (χ1n) is 6.51. The second-order valence-electron chi connectivity index (χ2n) is 4.61. The number of hydrogen-bond donors (Lipinski definition) is 2. The first kappa shape index (κ1) is 14.3. The highest BCUT2D eigenvalue weighted by molar-refractivity contribution is 5.97. The van der Waals surface area contributed by atoms with Crippen molar-refractivity contribution in [2.45, 2.75) is 6.42 Å². The van der Waals surface area contributed by atoms with Gasteiger partial charge in [-0.15, -0.1) is 0 Å². The molecule has 2 rings (SSSR count). The van der Waals surface area contributed by atoms with E-state index in [1.165, 1.54) is 4.68 Å². The van der Waals surface area contributed by atoms with Crippen molar-refractivity contribution in [3.8, 4) is 0 Å². The fourth-order valence-electron chi connectivity index (χ4n) is 2.02. The van der Waals surface area contributed by atoms with E-state index >= 15 is 0 Å². The minimum atomic E-state index is -0.363. The maximum atomic E-state index is 11.9. The van der Waals surface area contributed by atoms with Crippen molar-refractivity contribution in [2.75, 3.05) is 38.6 Å². The Morgan fingerprint density at radius 2 is 2.15 bits per heavy atom. The van der Waals surface area contributed by atoms with E-state index in [-0.39, 0.29) is 30.5 Å². The lowest BCUT2D eigenvalue weighted by molar-refractivity contribution is -0.135. The van der Waals surface area contributed by atoms with Crippen LogP contribution in [-0.4, -0.2) is 59.3 Å². The fourth-order valence-corrected chi connectivity index (χ4v) is 2.02. The Balaban J connectivity index is 1.76. The third kappa shape index (κ3) is 3.47. The van der Waals surface area contributed by atoms with Crippen molar-refractivity contribution in [1.82, 2.24) is 20.0 Å². The maximum Gasteiger partial charge on any atom is 0.273 e. The first-order chi connectivity index (χ1) is 9.58. The molecule has 3 N–H and O–H groups in total. The minimum Gasteiger partial charge on any atom is -0.396 e. The molecule has 20 heavy (non-hydrogen) atoms. The van der Waals surface area contributed by atoms with E-state index in [1.807, 2.05) is 0 Å². The summed E-state index contributed by atoms with van der Waals surface area (Å²) >= 11 is 0. The van der Waals surface area contributed by atoms with Crippen LogP contribution in [0, 0.1) is 0 Å². The molecule has 2 amide bonds. The van der Waals surface area contributed by atoms with Crippen molar-refractivity contribution in [3.63, 3.8) is 0 Å². The smallest absolute Gasteiger partial charge is 0.273 e. The third-order valence-electron chi connectivity index (χ3n) is 3.06. The molecule has 2 heterocycles. The lowest BCUT2D eigenvalue weighted by atomic mass is 10.3. The lowest BCUT2D eigenvalue weighted by Crippen LogP contribution is -2.42. The summed E-state index contributed by atoms with van der Waals surface area (Å²) in [6, 6.07) is 0. The molecule has 0 saturated carbocycles. The number of anilines is 1. The zero-order valence-corrected chi connectivity index (χ0v) is 11.5. The summed E-state index contributed by atoms with van der Waals surface area (Å²) in [5, 5.41) is 6.62. The fraction of sp³-hybridized carbons (Fsp3) is 0.583. The van der Waals surface area contributed by atoms with Crippen LogP contribution in [-0.2, 0) is 16.6 Å². The van der Waals surface area contributed by atoms with E-state index < -0.39 is 0 Å². The summed E-state index contributed by atoms with van der Waals surface area (Å²) in [5.41, 5.74) is 6.17. The normalized spacial score (nSPS) is 15.2.